The lowest BCUT2D eigenvalue weighted by Crippen LogP contribution is -2.39. The van der Waals surface area contributed by atoms with Gasteiger partial charge < -0.3 is 11.5 Å². The molecular weight excluding hydrogens is 144 g/mol. The van der Waals surface area contributed by atoms with E-state index in [9.17, 15) is 9.59 Å². The summed E-state index contributed by atoms with van der Waals surface area (Å²) in [5.74, 6) is -0.275. The molecule has 0 bridgehead atoms. The molecule has 0 saturated carbocycles. The molecule has 2 atom stereocenters. The van der Waals surface area contributed by atoms with Crippen LogP contribution in [0.2, 0.25) is 0 Å². The van der Waals surface area contributed by atoms with E-state index in [4.69, 9.17) is 11.5 Å². The van der Waals surface area contributed by atoms with Crippen LogP contribution in [0.3, 0.4) is 0 Å². The van der Waals surface area contributed by atoms with Crippen LogP contribution in [0.25, 0.3) is 0 Å². The van der Waals surface area contributed by atoms with Gasteiger partial charge in [-0.25, -0.2) is 0 Å². The van der Waals surface area contributed by atoms with Crippen molar-refractivity contribution in [2.45, 2.75) is 32.4 Å². The number of hydrogen-bond donors (Lipinski definition) is 2. The van der Waals surface area contributed by atoms with E-state index >= 15 is 0 Å². The average molecular weight is 158 g/mol. The highest BCUT2D eigenvalue weighted by Gasteiger charge is 2.15. The van der Waals surface area contributed by atoms with Gasteiger partial charge in [0.2, 0.25) is 0 Å². The summed E-state index contributed by atoms with van der Waals surface area (Å²) >= 11 is 0. The average Bonchev–Trinajstić information content (AvgIpc) is 1.87. The predicted octanol–water partition coefficient (Wildman–Crippen LogP) is -0.791. The van der Waals surface area contributed by atoms with E-state index in [0.717, 1.165) is 0 Å². The number of carbonyl (C=O) groups excluding carboxylic acids is 2. The van der Waals surface area contributed by atoms with Crippen molar-refractivity contribution < 1.29 is 9.59 Å². The number of Topliss-reactive ketones (excluding diaryl/α,β-unsaturated/α-hetero) is 2. The Hall–Kier alpha value is -0.740. The van der Waals surface area contributed by atoms with E-state index in [2.05, 4.69) is 0 Å². The van der Waals surface area contributed by atoms with Crippen molar-refractivity contribution in [2.24, 2.45) is 11.5 Å². The van der Waals surface area contributed by atoms with Crippen molar-refractivity contribution in [1.82, 2.24) is 0 Å². The Balaban J connectivity index is 3.84. The van der Waals surface area contributed by atoms with Crippen LogP contribution in [-0.4, -0.2) is 23.7 Å². The van der Waals surface area contributed by atoms with Gasteiger partial charge in [0.05, 0.1) is 12.1 Å². The zero-order valence-corrected chi connectivity index (χ0v) is 6.83. The Morgan fingerprint density at radius 1 is 1.09 bits per heavy atom. The highest BCUT2D eigenvalue weighted by atomic mass is 16.1. The zero-order valence-electron chi connectivity index (χ0n) is 6.83. The molecule has 0 rings (SSSR count). The van der Waals surface area contributed by atoms with Crippen molar-refractivity contribution in [3.8, 4) is 0 Å². The first-order valence-corrected chi connectivity index (χ1v) is 3.47. The van der Waals surface area contributed by atoms with Gasteiger partial charge >= 0.3 is 0 Å². The predicted molar refractivity (Wildman–Crippen MR) is 41.9 cm³/mol. The minimum absolute atomic E-state index is 0.137. The fourth-order valence-corrected chi connectivity index (χ4v) is 0.606. The second-order valence-electron chi connectivity index (χ2n) is 2.67. The van der Waals surface area contributed by atoms with E-state index in [1.54, 1.807) is 0 Å². The Bertz CT molecular complexity index is 150. The lowest BCUT2D eigenvalue weighted by Gasteiger charge is -2.11. The van der Waals surface area contributed by atoms with Crippen molar-refractivity contribution in [3.05, 3.63) is 0 Å². The fourth-order valence-electron chi connectivity index (χ4n) is 0.606. The van der Waals surface area contributed by atoms with Crippen LogP contribution in [0.1, 0.15) is 20.3 Å². The van der Waals surface area contributed by atoms with Gasteiger partial charge in [0.1, 0.15) is 11.6 Å². The summed E-state index contributed by atoms with van der Waals surface area (Å²) in [6.45, 7) is 2.77. The number of nitrogens with two attached hydrogens (primary N) is 2. The first kappa shape index (κ1) is 10.3. The van der Waals surface area contributed by atoms with Gasteiger partial charge in [-0.15, -0.1) is 0 Å². The minimum Gasteiger partial charge on any atom is -0.321 e. The van der Waals surface area contributed by atoms with Gasteiger partial charge in [0, 0.05) is 0 Å². The van der Waals surface area contributed by atoms with Crippen LogP contribution in [0.5, 0.6) is 0 Å². The Kier molecular flexibility index (Phi) is 3.92. The maximum absolute atomic E-state index is 10.6. The molecule has 0 aromatic carbocycles. The molecule has 0 aromatic heterocycles. The molecule has 0 aliphatic heterocycles. The van der Waals surface area contributed by atoms with Crippen LogP contribution in [0, 0.1) is 0 Å². The van der Waals surface area contributed by atoms with Crippen molar-refractivity contribution >= 4 is 11.6 Å². The van der Waals surface area contributed by atoms with Gasteiger partial charge in [0.25, 0.3) is 0 Å². The molecule has 0 spiro atoms. The molecule has 0 fully saturated rings. The molecule has 0 aromatic rings. The summed E-state index contributed by atoms with van der Waals surface area (Å²) in [6, 6.07) is -1.21. The van der Waals surface area contributed by atoms with Gasteiger partial charge in [0.15, 0.2) is 0 Å². The highest BCUT2D eigenvalue weighted by Crippen LogP contribution is 1.95. The van der Waals surface area contributed by atoms with Gasteiger partial charge in [-0.3, -0.25) is 9.59 Å². The normalized spacial score (nSPS) is 15.6. The minimum atomic E-state index is -0.603. The summed E-state index contributed by atoms with van der Waals surface area (Å²) in [5, 5.41) is 0. The molecule has 11 heavy (non-hydrogen) atoms. The molecule has 4 N–H and O–H groups in total. The van der Waals surface area contributed by atoms with E-state index < -0.39 is 12.1 Å². The third-order valence-corrected chi connectivity index (χ3v) is 1.55. The van der Waals surface area contributed by atoms with E-state index in [-0.39, 0.29) is 18.0 Å². The second-order valence-corrected chi connectivity index (χ2v) is 2.67. The van der Waals surface area contributed by atoms with Crippen LogP contribution in [0.15, 0.2) is 0 Å². The quantitative estimate of drug-likeness (QED) is 0.561. The molecule has 0 saturated heterocycles. The van der Waals surface area contributed by atoms with E-state index in [1.807, 2.05) is 0 Å². The molecule has 0 aliphatic carbocycles. The summed E-state index contributed by atoms with van der Waals surface area (Å²) in [7, 11) is 0. The van der Waals surface area contributed by atoms with E-state index in [1.165, 1.54) is 13.8 Å². The fraction of sp³-hybridized carbons (Fsp3) is 0.714. The summed E-state index contributed by atoms with van der Waals surface area (Å²) in [4.78, 5) is 21.2. The smallest absolute Gasteiger partial charge is 0.146 e. The van der Waals surface area contributed by atoms with Crippen LogP contribution in [-0.2, 0) is 9.59 Å². The molecular formula is C7H14N2O2. The Morgan fingerprint density at radius 2 is 1.36 bits per heavy atom. The molecule has 0 aliphatic rings. The number of ketones is 2. The summed E-state index contributed by atoms with van der Waals surface area (Å²) in [6.07, 6.45) is 0.241. The topological polar surface area (TPSA) is 86.2 Å². The zero-order chi connectivity index (χ0) is 9.02. The van der Waals surface area contributed by atoms with E-state index in [0.29, 0.717) is 0 Å². The second kappa shape index (κ2) is 4.20. The SMILES string of the molecule is CC(=O)C(N)CC(N)C(C)=O. The molecule has 4 nitrogen and oxygen atoms in total. The Morgan fingerprint density at radius 3 is 1.55 bits per heavy atom. The first-order chi connectivity index (χ1) is 4.95. The van der Waals surface area contributed by atoms with Gasteiger partial charge in [-0.2, -0.15) is 0 Å². The van der Waals surface area contributed by atoms with Crippen molar-refractivity contribution in [2.75, 3.05) is 0 Å². The van der Waals surface area contributed by atoms with Crippen LogP contribution < -0.4 is 11.5 Å². The number of carbonyl (C=O) groups is 2. The van der Waals surface area contributed by atoms with Crippen LogP contribution >= 0.6 is 0 Å². The summed E-state index contributed by atoms with van der Waals surface area (Å²) < 4.78 is 0. The largest absolute Gasteiger partial charge is 0.321 e. The maximum atomic E-state index is 10.6. The standard InChI is InChI=1S/C7H14N2O2/c1-4(10)6(8)3-7(9)5(2)11/h6-7H,3,8-9H2,1-2H3. The first-order valence-electron chi connectivity index (χ1n) is 3.47. The van der Waals surface area contributed by atoms with Gasteiger partial charge in [-0.05, 0) is 20.3 Å². The molecule has 0 heterocycles. The van der Waals surface area contributed by atoms with Crippen molar-refractivity contribution in [3.63, 3.8) is 0 Å². The number of hydrogen-bond acceptors (Lipinski definition) is 4. The van der Waals surface area contributed by atoms with Crippen LogP contribution in [0.4, 0.5) is 0 Å². The monoisotopic (exact) mass is 158 g/mol. The lowest BCUT2D eigenvalue weighted by molar-refractivity contribution is -0.120. The molecule has 2 unspecified atom stereocenters. The molecule has 64 valence electrons. The molecule has 4 heteroatoms. The van der Waals surface area contributed by atoms with Gasteiger partial charge in [-0.1, -0.05) is 0 Å². The lowest BCUT2D eigenvalue weighted by atomic mass is 10.0. The molecule has 0 radical (unpaired) electrons. The molecule has 0 amide bonds. The maximum Gasteiger partial charge on any atom is 0.146 e. The highest BCUT2D eigenvalue weighted by molar-refractivity contribution is 5.84. The third-order valence-electron chi connectivity index (χ3n) is 1.55. The third kappa shape index (κ3) is 3.85. The number of rotatable bonds is 4. The van der Waals surface area contributed by atoms with Crippen molar-refractivity contribution in [1.29, 1.82) is 0 Å². The Labute approximate surface area is 65.9 Å². The summed E-state index contributed by atoms with van der Waals surface area (Å²) in [5.41, 5.74) is 10.7.